The van der Waals surface area contributed by atoms with E-state index in [4.69, 9.17) is 4.74 Å². The Balaban J connectivity index is 1.54. The highest BCUT2D eigenvalue weighted by Crippen LogP contribution is 2.31. The molecule has 2 aromatic heterocycles. The molecule has 0 saturated carbocycles. The summed E-state index contributed by atoms with van der Waals surface area (Å²) in [7, 11) is 0. The summed E-state index contributed by atoms with van der Waals surface area (Å²) in [6.07, 6.45) is -3.56. The van der Waals surface area contributed by atoms with Crippen LogP contribution in [0.3, 0.4) is 0 Å². The number of halogens is 3. The predicted molar refractivity (Wildman–Crippen MR) is 89.6 cm³/mol. The molecule has 0 radical (unpaired) electrons. The van der Waals surface area contributed by atoms with E-state index in [1.807, 2.05) is 0 Å². The van der Waals surface area contributed by atoms with Crippen molar-refractivity contribution in [2.45, 2.75) is 31.5 Å². The van der Waals surface area contributed by atoms with Crippen molar-refractivity contribution in [3.8, 4) is 0 Å². The van der Waals surface area contributed by atoms with E-state index in [9.17, 15) is 22.8 Å². The van der Waals surface area contributed by atoms with Gasteiger partial charge < -0.3 is 15.0 Å². The minimum Gasteiger partial charge on any atom is -0.363 e. The van der Waals surface area contributed by atoms with Gasteiger partial charge in [0, 0.05) is 31.4 Å². The number of piperidine rings is 1. The van der Waals surface area contributed by atoms with Crippen LogP contribution in [0, 0.1) is 6.92 Å². The highest BCUT2D eigenvalue weighted by atomic mass is 19.4. The Morgan fingerprint density at radius 1 is 1.29 bits per heavy atom. The molecular formula is C17H18F3N5O3. The normalized spacial score (nSPS) is 19.9. The molecule has 4 heterocycles. The number of nitrogens with one attached hydrogen (secondary N) is 1. The summed E-state index contributed by atoms with van der Waals surface area (Å²) >= 11 is 0. The van der Waals surface area contributed by atoms with Gasteiger partial charge in [-0.2, -0.15) is 18.3 Å². The van der Waals surface area contributed by atoms with Gasteiger partial charge in [-0.05, 0) is 25.8 Å². The summed E-state index contributed by atoms with van der Waals surface area (Å²) in [6, 6.07) is 2.17. The monoisotopic (exact) mass is 397 g/mol. The third kappa shape index (κ3) is 3.30. The molecule has 8 nitrogen and oxygen atoms in total. The van der Waals surface area contributed by atoms with Crippen molar-refractivity contribution in [2.75, 3.05) is 26.2 Å². The summed E-state index contributed by atoms with van der Waals surface area (Å²) in [5, 5.41) is 6.63. The van der Waals surface area contributed by atoms with Gasteiger partial charge in [-0.3, -0.25) is 9.59 Å². The van der Waals surface area contributed by atoms with Crippen molar-refractivity contribution in [3.05, 3.63) is 29.2 Å². The minimum atomic E-state index is -4.61. The van der Waals surface area contributed by atoms with E-state index in [1.165, 1.54) is 17.9 Å². The van der Waals surface area contributed by atoms with Gasteiger partial charge in [-0.15, -0.1) is 0 Å². The van der Waals surface area contributed by atoms with E-state index in [1.54, 1.807) is 0 Å². The van der Waals surface area contributed by atoms with Crippen LogP contribution in [0.4, 0.5) is 13.2 Å². The van der Waals surface area contributed by atoms with E-state index < -0.39 is 23.4 Å². The summed E-state index contributed by atoms with van der Waals surface area (Å²) in [6.45, 7) is 2.56. The zero-order chi connectivity index (χ0) is 20.1. The number of ether oxygens (including phenoxy) is 1. The molecule has 2 aliphatic rings. The van der Waals surface area contributed by atoms with Crippen LogP contribution in [0.1, 0.15) is 34.7 Å². The largest absolute Gasteiger partial charge is 0.433 e. The number of aryl methyl sites for hydroxylation is 1. The number of fused-ring (bicyclic) bond motifs is 1. The van der Waals surface area contributed by atoms with E-state index in [2.05, 4.69) is 15.4 Å². The average molecular weight is 397 g/mol. The molecular weight excluding hydrogens is 379 g/mol. The van der Waals surface area contributed by atoms with E-state index >= 15 is 0 Å². The molecule has 2 saturated heterocycles. The molecule has 150 valence electrons. The number of amides is 2. The number of likely N-dealkylation sites (tertiary alicyclic amines) is 1. The van der Waals surface area contributed by atoms with Crippen LogP contribution < -0.4 is 5.32 Å². The van der Waals surface area contributed by atoms with Crippen molar-refractivity contribution < 1.29 is 27.5 Å². The molecule has 0 aliphatic carbocycles. The van der Waals surface area contributed by atoms with Crippen molar-refractivity contribution in [2.24, 2.45) is 0 Å². The summed E-state index contributed by atoms with van der Waals surface area (Å²) < 4.78 is 46.1. The summed E-state index contributed by atoms with van der Waals surface area (Å²) in [5.41, 5.74) is -1.39. The Labute approximate surface area is 157 Å². The van der Waals surface area contributed by atoms with Gasteiger partial charge >= 0.3 is 6.18 Å². The topological polar surface area (TPSA) is 88.8 Å². The standard InChI is InChI=1S/C17H18F3N5O3/c1-10-6-12(17(18,19)20)25-13(22-10)7-11(23-25)15(27)24-4-2-16(3-5-24)9-21-14(26)8-28-16/h6-7H,2-5,8-9H2,1H3,(H,21,26). The minimum absolute atomic E-state index is 0.00831. The molecule has 0 unspecified atom stereocenters. The first kappa shape index (κ1) is 18.7. The quantitative estimate of drug-likeness (QED) is 0.781. The van der Waals surface area contributed by atoms with Crippen molar-refractivity contribution in [3.63, 3.8) is 0 Å². The summed E-state index contributed by atoms with van der Waals surface area (Å²) in [4.78, 5) is 29.6. The predicted octanol–water partition coefficient (Wildman–Crippen LogP) is 1.18. The lowest BCUT2D eigenvalue weighted by Gasteiger charge is -2.43. The van der Waals surface area contributed by atoms with Crippen LogP contribution >= 0.6 is 0 Å². The molecule has 1 N–H and O–H groups in total. The average Bonchev–Trinajstić information content (AvgIpc) is 3.06. The third-order valence-corrected chi connectivity index (χ3v) is 5.14. The molecule has 1 spiro atoms. The molecule has 11 heteroatoms. The van der Waals surface area contributed by atoms with Gasteiger partial charge in [-0.1, -0.05) is 0 Å². The van der Waals surface area contributed by atoms with Crippen LogP contribution in [-0.2, 0) is 15.7 Å². The molecule has 2 fully saturated rings. The van der Waals surface area contributed by atoms with Gasteiger partial charge in [0.1, 0.15) is 12.3 Å². The van der Waals surface area contributed by atoms with Gasteiger partial charge in [0.25, 0.3) is 5.91 Å². The van der Waals surface area contributed by atoms with Crippen molar-refractivity contribution in [1.29, 1.82) is 0 Å². The van der Waals surface area contributed by atoms with Crippen molar-refractivity contribution in [1.82, 2.24) is 24.8 Å². The molecule has 2 aromatic rings. The number of morpholine rings is 1. The van der Waals surface area contributed by atoms with Crippen molar-refractivity contribution >= 4 is 17.5 Å². The van der Waals surface area contributed by atoms with Crippen LogP contribution in [0.25, 0.3) is 5.65 Å². The first-order valence-corrected chi connectivity index (χ1v) is 8.81. The maximum Gasteiger partial charge on any atom is 0.433 e. The second-order valence-electron chi connectivity index (χ2n) is 7.12. The van der Waals surface area contributed by atoms with Gasteiger partial charge in [-0.25, -0.2) is 9.50 Å². The lowest BCUT2D eigenvalue weighted by atomic mass is 9.90. The molecule has 28 heavy (non-hydrogen) atoms. The fraction of sp³-hybridized carbons (Fsp3) is 0.529. The smallest absolute Gasteiger partial charge is 0.363 e. The number of hydrogen-bond acceptors (Lipinski definition) is 5. The highest BCUT2D eigenvalue weighted by molar-refractivity contribution is 5.93. The lowest BCUT2D eigenvalue weighted by Crippen LogP contribution is -2.58. The fourth-order valence-corrected chi connectivity index (χ4v) is 3.59. The molecule has 2 amide bonds. The Kier molecular flexibility index (Phi) is 4.29. The molecule has 4 rings (SSSR count). The molecule has 0 bridgehead atoms. The van der Waals surface area contributed by atoms with Gasteiger partial charge in [0.2, 0.25) is 5.91 Å². The van der Waals surface area contributed by atoms with Crippen LogP contribution in [0.2, 0.25) is 0 Å². The van der Waals surface area contributed by atoms with E-state index in [-0.39, 0.29) is 29.5 Å². The Morgan fingerprint density at radius 3 is 2.61 bits per heavy atom. The van der Waals surface area contributed by atoms with Crippen LogP contribution in [-0.4, -0.2) is 63.2 Å². The third-order valence-electron chi connectivity index (χ3n) is 5.14. The SMILES string of the molecule is Cc1cc(C(F)(F)F)n2nc(C(=O)N3CCC4(CC3)CNC(=O)CO4)cc2n1. The Hall–Kier alpha value is -2.69. The van der Waals surface area contributed by atoms with Gasteiger partial charge in [0.15, 0.2) is 11.3 Å². The molecule has 0 aromatic carbocycles. The first-order chi connectivity index (χ1) is 13.2. The zero-order valence-electron chi connectivity index (χ0n) is 15.0. The number of nitrogens with zero attached hydrogens (tertiary/aromatic N) is 4. The number of carbonyl (C=O) groups is 2. The number of aromatic nitrogens is 3. The first-order valence-electron chi connectivity index (χ1n) is 8.81. The maximum absolute atomic E-state index is 13.3. The molecule has 0 atom stereocenters. The maximum atomic E-state index is 13.3. The van der Waals surface area contributed by atoms with Crippen LogP contribution in [0.15, 0.2) is 12.1 Å². The van der Waals surface area contributed by atoms with E-state index in [0.717, 1.165) is 6.07 Å². The van der Waals surface area contributed by atoms with Gasteiger partial charge in [0.05, 0.1) is 5.60 Å². The van der Waals surface area contributed by atoms with E-state index in [0.29, 0.717) is 37.0 Å². The number of hydrogen-bond donors (Lipinski definition) is 1. The molecule has 2 aliphatic heterocycles. The fourth-order valence-electron chi connectivity index (χ4n) is 3.59. The number of carbonyl (C=O) groups excluding carboxylic acids is 2. The van der Waals surface area contributed by atoms with Crippen LogP contribution in [0.5, 0.6) is 0 Å². The zero-order valence-corrected chi connectivity index (χ0v) is 15.0. The number of rotatable bonds is 1. The Morgan fingerprint density at radius 2 is 2.00 bits per heavy atom. The number of alkyl halides is 3. The summed E-state index contributed by atoms with van der Waals surface area (Å²) in [5.74, 6) is -0.622. The second kappa shape index (κ2) is 6.43. The Bertz CT molecular complexity index is 935. The second-order valence-corrected chi connectivity index (χ2v) is 7.12. The lowest BCUT2D eigenvalue weighted by molar-refractivity contribution is -0.149. The highest BCUT2D eigenvalue weighted by Gasteiger charge is 2.41.